The summed E-state index contributed by atoms with van der Waals surface area (Å²) in [6, 6.07) is 8.70. The van der Waals surface area contributed by atoms with Gasteiger partial charge in [0, 0.05) is 18.5 Å². The first-order chi connectivity index (χ1) is 15.4. The van der Waals surface area contributed by atoms with Gasteiger partial charge in [-0.05, 0) is 96.3 Å². The molecule has 0 unspecified atom stereocenters. The van der Waals surface area contributed by atoms with Gasteiger partial charge in [-0.15, -0.1) is 0 Å². The lowest BCUT2D eigenvalue weighted by atomic mass is 10.1. The summed E-state index contributed by atoms with van der Waals surface area (Å²) in [6.07, 6.45) is 14.8. The molecule has 2 aliphatic rings. The Labute approximate surface area is 189 Å². The smallest absolute Gasteiger partial charge is 0.155 e. The van der Waals surface area contributed by atoms with E-state index in [-0.39, 0.29) is 0 Å². The van der Waals surface area contributed by atoms with Crippen LogP contribution in [0.15, 0.2) is 24.3 Å². The minimum atomic E-state index is 1.01. The third kappa shape index (κ3) is 6.95. The number of benzene rings is 1. The Balaban J connectivity index is 1.17. The molecule has 0 atom stereocenters. The first-order valence-corrected chi connectivity index (χ1v) is 13.0. The summed E-state index contributed by atoms with van der Waals surface area (Å²) in [7, 11) is 0. The zero-order valence-corrected chi connectivity index (χ0v) is 19.5. The predicted molar refractivity (Wildman–Crippen MR) is 132 cm³/mol. The number of nitrogens with zero attached hydrogens (tertiary/aromatic N) is 4. The monoisotopic (exact) mass is 425 g/mol. The van der Waals surface area contributed by atoms with Crippen LogP contribution in [0.25, 0.3) is 10.9 Å². The number of aromatic nitrogens is 2. The number of unbranched alkanes of at least 4 members (excludes halogenated alkanes) is 3. The average molecular weight is 426 g/mol. The van der Waals surface area contributed by atoms with Gasteiger partial charge in [0.1, 0.15) is 0 Å². The molecule has 2 aromatic rings. The highest BCUT2D eigenvalue weighted by atomic mass is 15.3. The van der Waals surface area contributed by atoms with Crippen LogP contribution in [0.1, 0.15) is 70.6 Å². The number of fused-ring (bicyclic) bond motifs is 1. The number of rotatable bonds is 12. The molecule has 1 aromatic carbocycles. The molecule has 0 bridgehead atoms. The third-order valence-electron chi connectivity index (χ3n) is 7.09. The van der Waals surface area contributed by atoms with Gasteiger partial charge in [-0.3, -0.25) is 4.68 Å². The maximum absolute atomic E-state index is 4.95. The van der Waals surface area contributed by atoms with Gasteiger partial charge >= 0.3 is 0 Å². The SMILES string of the molecule is c1ccc2c(c1)c(NCCCCCCN1CCCCC1)nn2CCCN1CCCCC1. The Bertz CT molecular complexity index is 758. The lowest BCUT2D eigenvalue weighted by Gasteiger charge is -2.26. The average Bonchev–Trinajstić information content (AvgIpc) is 3.17. The van der Waals surface area contributed by atoms with E-state index in [1.54, 1.807) is 0 Å². The van der Waals surface area contributed by atoms with Crippen LogP contribution in [0, 0.1) is 0 Å². The molecule has 5 nitrogen and oxygen atoms in total. The molecule has 31 heavy (non-hydrogen) atoms. The highest BCUT2D eigenvalue weighted by Gasteiger charge is 2.12. The van der Waals surface area contributed by atoms with Gasteiger partial charge < -0.3 is 15.1 Å². The molecule has 3 heterocycles. The predicted octanol–water partition coefficient (Wildman–Crippen LogP) is 5.37. The maximum Gasteiger partial charge on any atom is 0.155 e. The maximum atomic E-state index is 4.95. The van der Waals surface area contributed by atoms with E-state index in [0.717, 1.165) is 18.9 Å². The van der Waals surface area contributed by atoms with Gasteiger partial charge in [0.15, 0.2) is 5.82 Å². The highest BCUT2D eigenvalue weighted by molar-refractivity contribution is 5.90. The molecule has 0 amide bonds. The fourth-order valence-corrected chi connectivity index (χ4v) is 5.26. The topological polar surface area (TPSA) is 36.3 Å². The van der Waals surface area contributed by atoms with Crippen molar-refractivity contribution in [1.29, 1.82) is 0 Å². The van der Waals surface area contributed by atoms with Crippen LogP contribution in [0.3, 0.4) is 0 Å². The summed E-state index contributed by atoms with van der Waals surface area (Å²) >= 11 is 0. The zero-order chi connectivity index (χ0) is 21.1. The minimum Gasteiger partial charge on any atom is -0.368 e. The van der Waals surface area contributed by atoms with E-state index in [2.05, 4.69) is 44.1 Å². The second-order valence-electron chi connectivity index (χ2n) is 9.59. The Morgan fingerprint density at radius 1 is 0.677 bits per heavy atom. The Morgan fingerprint density at radius 2 is 1.32 bits per heavy atom. The van der Waals surface area contributed by atoms with E-state index in [0.29, 0.717) is 0 Å². The summed E-state index contributed by atoms with van der Waals surface area (Å²) in [6.45, 7) is 9.77. The van der Waals surface area contributed by atoms with Crippen LogP contribution in [0.2, 0.25) is 0 Å². The van der Waals surface area contributed by atoms with Crippen molar-refractivity contribution in [3.8, 4) is 0 Å². The molecular weight excluding hydrogens is 382 g/mol. The first kappa shape index (κ1) is 22.6. The molecule has 5 heteroatoms. The second kappa shape index (κ2) is 12.4. The third-order valence-corrected chi connectivity index (χ3v) is 7.09. The van der Waals surface area contributed by atoms with Crippen molar-refractivity contribution in [3.05, 3.63) is 24.3 Å². The van der Waals surface area contributed by atoms with Gasteiger partial charge in [0.05, 0.1) is 5.52 Å². The van der Waals surface area contributed by atoms with Crippen molar-refractivity contribution in [3.63, 3.8) is 0 Å². The molecule has 0 aliphatic carbocycles. The van der Waals surface area contributed by atoms with Crippen molar-refractivity contribution < 1.29 is 0 Å². The Morgan fingerprint density at radius 3 is 2.06 bits per heavy atom. The molecule has 1 N–H and O–H groups in total. The van der Waals surface area contributed by atoms with Gasteiger partial charge in [-0.1, -0.05) is 37.8 Å². The summed E-state index contributed by atoms with van der Waals surface area (Å²) in [5.41, 5.74) is 1.27. The Kier molecular flexibility index (Phi) is 9.07. The van der Waals surface area contributed by atoms with Crippen LogP contribution in [0.5, 0.6) is 0 Å². The molecule has 2 fully saturated rings. The lowest BCUT2D eigenvalue weighted by molar-refractivity contribution is 0.222. The molecule has 2 saturated heterocycles. The van der Waals surface area contributed by atoms with Crippen LogP contribution in [0.4, 0.5) is 5.82 Å². The van der Waals surface area contributed by atoms with E-state index in [4.69, 9.17) is 5.10 Å². The fourth-order valence-electron chi connectivity index (χ4n) is 5.26. The quantitative estimate of drug-likeness (QED) is 0.464. The molecular formula is C26H43N5. The number of anilines is 1. The van der Waals surface area contributed by atoms with Gasteiger partial charge in [0.2, 0.25) is 0 Å². The molecule has 0 radical (unpaired) electrons. The number of nitrogens with one attached hydrogen (secondary N) is 1. The van der Waals surface area contributed by atoms with Crippen LogP contribution < -0.4 is 5.32 Å². The normalized spacial score (nSPS) is 18.6. The van der Waals surface area contributed by atoms with E-state index >= 15 is 0 Å². The zero-order valence-electron chi connectivity index (χ0n) is 19.5. The summed E-state index contributed by atoms with van der Waals surface area (Å²) < 4.78 is 2.22. The van der Waals surface area contributed by atoms with Gasteiger partial charge in [-0.25, -0.2) is 0 Å². The van der Waals surface area contributed by atoms with Crippen molar-refractivity contribution in [1.82, 2.24) is 19.6 Å². The fraction of sp³-hybridized carbons (Fsp3) is 0.731. The van der Waals surface area contributed by atoms with E-state index in [1.165, 1.54) is 121 Å². The number of piperidine rings is 2. The van der Waals surface area contributed by atoms with Crippen LogP contribution in [-0.2, 0) is 6.54 Å². The second-order valence-corrected chi connectivity index (χ2v) is 9.59. The molecule has 0 saturated carbocycles. The number of aryl methyl sites for hydroxylation is 1. The van der Waals surface area contributed by atoms with Crippen LogP contribution >= 0.6 is 0 Å². The van der Waals surface area contributed by atoms with Crippen molar-refractivity contribution >= 4 is 16.7 Å². The standard InChI is InChI=1S/C26H43N5/c1(2-8-17-29-18-9-3-10-19-29)7-16-27-26-24-14-5-6-15-25(24)31(28-26)23-13-22-30-20-11-4-12-21-30/h5-6,14-15H,1-4,7-13,16-23H2,(H,27,28). The summed E-state index contributed by atoms with van der Waals surface area (Å²) in [5.74, 6) is 1.07. The van der Waals surface area contributed by atoms with Crippen molar-refractivity contribution in [2.24, 2.45) is 0 Å². The summed E-state index contributed by atoms with van der Waals surface area (Å²) in [4.78, 5) is 5.28. The Hall–Kier alpha value is -1.59. The van der Waals surface area contributed by atoms with Gasteiger partial charge in [-0.2, -0.15) is 5.10 Å². The van der Waals surface area contributed by atoms with Crippen molar-refractivity contribution in [2.45, 2.75) is 77.2 Å². The van der Waals surface area contributed by atoms with Crippen LogP contribution in [-0.4, -0.2) is 65.4 Å². The molecule has 4 rings (SSSR count). The molecule has 2 aliphatic heterocycles. The van der Waals surface area contributed by atoms with E-state index in [9.17, 15) is 0 Å². The molecule has 1 aromatic heterocycles. The highest BCUT2D eigenvalue weighted by Crippen LogP contribution is 2.23. The minimum absolute atomic E-state index is 1.01. The lowest BCUT2D eigenvalue weighted by Crippen LogP contribution is -2.31. The van der Waals surface area contributed by atoms with Crippen molar-refractivity contribution in [2.75, 3.05) is 51.1 Å². The van der Waals surface area contributed by atoms with E-state index in [1.807, 2.05) is 0 Å². The number of hydrogen-bond acceptors (Lipinski definition) is 4. The van der Waals surface area contributed by atoms with E-state index < -0.39 is 0 Å². The number of para-hydroxylation sites is 1. The number of likely N-dealkylation sites (tertiary alicyclic amines) is 2. The number of hydrogen-bond donors (Lipinski definition) is 1. The molecule has 172 valence electrons. The molecule has 0 spiro atoms. The first-order valence-electron chi connectivity index (χ1n) is 13.0. The summed E-state index contributed by atoms with van der Waals surface area (Å²) in [5, 5.41) is 9.85. The van der Waals surface area contributed by atoms with Gasteiger partial charge in [0.25, 0.3) is 0 Å². The largest absolute Gasteiger partial charge is 0.368 e.